The van der Waals surface area contributed by atoms with Crippen LogP contribution in [0.25, 0.3) is 29.4 Å². The zero-order chi connectivity index (χ0) is 66.1. The van der Waals surface area contributed by atoms with E-state index >= 15 is 0 Å². The first-order chi connectivity index (χ1) is 47.5. The summed E-state index contributed by atoms with van der Waals surface area (Å²) in [5.74, 6) is 1.94. The smallest absolute Gasteiger partial charge is 0.180 e. The Morgan fingerprint density at radius 1 is 0.588 bits per heavy atom. The standard InChI is InChI=1S/C88H73N3O4SSi/c1-61-52-79-77(62(2)54-86(3,4)91(79)58-63-40-47-76(48-41-63)97(73-34-20-9-21-35-73,74-36-22-10-23-37-74)75-38-24-11-25-39-75)53-66(61)44-50-82-85-84(92-59-72(94-85)60-93-88(69-28-14-6-15-29-69,70-30-16-7-17-31-70)71-32-18-8-19-33-71)81(96-82)51-49-80-78(57-90)83-67(56-89)55-87(83,95-80)68-45-42-65(43-46-68)64-26-12-5-13-27-64/h5-53,62,72H,54-55,58-60H2,1-4H3/b50-44+,51-49+. The Morgan fingerprint density at radius 2 is 1.09 bits per heavy atom. The molecule has 3 atom stereocenters. The molecule has 0 N–H and O–H groups in total. The minimum absolute atomic E-state index is 0.122. The molecule has 474 valence electrons. The summed E-state index contributed by atoms with van der Waals surface area (Å²) in [6.45, 7) is 10.6. The van der Waals surface area contributed by atoms with Crippen molar-refractivity contribution in [2.24, 2.45) is 0 Å². The van der Waals surface area contributed by atoms with Gasteiger partial charge in [0.25, 0.3) is 0 Å². The molecule has 0 amide bonds. The van der Waals surface area contributed by atoms with Gasteiger partial charge in [0.15, 0.2) is 31.3 Å². The summed E-state index contributed by atoms with van der Waals surface area (Å²) in [6, 6.07) is 102. The number of nitrogens with zero attached hydrogens (tertiary/aromatic N) is 3. The average Bonchev–Trinajstić information content (AvgIpc) is 1.57. The van der Waals surface area contributed by atoms with Crippen molar-refractivity contribution >= 4 is 64.1 Å². The van der Waals surface area contributed by atoms with Crippen molar-refractivity contribution < 1.29 is 18.9 Å². The van der Waals surface area contributed by atoms with E-state index < -0.39 is 25.4 Å². The summed E-state index contributed by atoms with van der Waals surface area (Å²) in [4.78, 5) is 4.31. The van der Waals surface area contributed by atoms with Crippen LogP contribution in [0.5, 0.6) is 11.5 Å². The number of ether oxygens (including phenoxy) is 4. The predicted octanol–water partition coefficient (Wildman–Crippen LogP) is 17.7. The van der Waals surface area contributed by atoms with Crippen LogP contribution in [0.4, 0.5) is 5.69 Å². The van der Waals surface area contributed by atoms with Gasteiger partial charge in [-0.15, -0.1) is 11.3 Å². The maximum Gasteiger partial charge on any atom is 0.180 e. The molecule has 97 heavy (non-hydrogen) atoms. The van der Waals surface area contributed by atoms with Gasteiger partial charge >= 0.3 is 0 Å². The van der Waals surface area contributed by atoms with Crippen molar-refractivity contribution in [3.05, 3.63) is 356 Å². The Bertz CT molecular complexity index is 4710. The molecule has 3 aliphatic heterocycles. The molecular formula is C88H73N3O4SSi. The van der Waals surface area contributed by atoms with Gasteiger partial charge < -0.3 is 23.8 Å². The van der Waals surface area contributed by atoms with Crippen LogP contribution in [0, 0.1) is 29.6 Å². The van der Waals surface area contributed by atoms with Crippen LogP contribution in [0.2, 0.25) is 0 Å². The molecule has 0 fully saturated rings. The molecular weight excluding hydrogens is 1220 g/mol. The van der Waals surface area contributed by atoms with E-state index in [0.29, 0.717) is 46.3 Å². The highest BCUT2D eigenvalue weighted by atomic mass is 32.1. The van der Waals surface area contributed by atoms with Gasteiger partial charge in [-0.05, 0) is 134 Å². The monoisotopic (exact) mass is 1300 g/mol. The highest BCUT2D eigenvalue weighted by molar-refractivity contribution is 7.20. The van der Waals surface area contributed by atoms with Crippen LogP contribution < -0.4 is 35.1 Å². The molecule has 0 spiro atoms. The summed E-state index contributed by atoms with van der Waals surface area (Å²) >= 11 is 1.56. The van der Waals surface area contributed by atoms with Gasteiger partial charge in [-0.3, -0.25) is 0 Å². The number of fused-ring (bicyclic) bond motifs is 3. The molecule has 1 aliphatic carbocycles. The van der Waals surface area contributed by atoms with Crippen molar-refractivity contribution in [2.45, 2.75) is 75.8 Å². The molecule has 3 unspecified atom stereocenters. The summed E-state index contributed by atoms with van der Waals surface area (Å²) < 4.78 is 28.4. The zero-order valence-electron chi connectivity index (χ0n) is 54.9. The van der Waals surface area contributed by atoms with Crippen LogP contribution in [-0.4, -0.2) is 32.9 Å². The Hall–Kier alpha value is -10.8. The lowest BCUT2D eigenvalue weighted by Crippen LogP contribution is -2.74. The van der Waals surface area contributed by atoms with E-state index in [1.807, 2.05) is 48.6 Å². The predicted molar refractivity (Wildman–Crippen MR) is 396 cm³/mol. The molecule has 0 radical (unpaired) electrons. The molecule has 10 aromatic carbocycles. The number of benzene rings is 10. The van der Waals surface area contributed by atoms with Crippen molar-refractivity contribution in [2.75, 3.05) is 18.1 Å². The van der Waals surface area contributed by atoms with Crippen LogP contribution in [0.15, 0.2) is 302 Å². The summed E-state index contributed by atoms with van der Waals surface area (Å²) in [5.41, 5.74) is 11.7. The van der Waals surface area contributed by atoms with Gasteiger partial charge in [0, 0.05) is 40.9 Å². The fourth-order valence-electron chi connectivity index (χ4n) is 15.5. The van der Waals surface area contributed by atoms with Gasteiger partial charge in [0.2, 0.25) is 0 Å². The van der Waals surface area contributed by atoms with Crippen molar-refractivity contribution in [1.29, 1.82) is 10.5 Å². The van der Waals surface area contributed by atoms with E-state index in [0.717, 1.165) is 67.2 Å². The van der Waals surface area contributed by atoms with Crippen molar-refractivity contribution in [3.8, 4) is 34.8 Å². The Labute approximate surface area is 574 Å². The maximum atomic E-state index is 10.9. The normalized spacial score (nSPS) is 17.9. The lowest BCUT2D eigenvalue weighted by Gasteiger charge is -2.48. The molecule has 4 heterocycles. The van der Waals surface area contributed by atoms with E-state index in [1.165, 1.54) is 37.6 Å². The highest BCUT2D eigenvalue weighted by Crippen LogP contribution is 2.59. The van der Waals surface area contributed by atoms with Crippen LogP contribution in [0.1, 0.15) is 93.8 Å². The third-order valence-corrected chi connectivity index (χ3v) is 26.0. The largest absolute Gasteiger partial charge is 0.484 e. The second kappa shape index (κ2) is 26.1. The summed E-state index contributed by atoms with van der Waals surface area (Å²) in [6.07, 6.45) is 9.06. The number of rotatable bonds is 18. The zero-order valence-corrected chi connectivity index (χ0v) is 56.7. The van der Waals surface area contributed by atoms with E-state index in [1.54, 1.807) is 11.3 Å². The van der Waals surface area contributed by atoms with Gasteiger partial charge in [0.1, 0.15) is 29.6 Å². The SMILES string of the molecule is Cc1cc2c(cc1/C=C/c1sc(/C=C/C3=C(C#N)C4=C(C#N)CC4(c4ccc(-c5ccccc5)cc4)O3)c3c1OC(COC(c1ccccc1)(c1ccccc1)c1ccccc1)CO3)C(C)CC(C)(C)N2Cc1ccc([Si](c2ccccc2)(c2ccccc2)c2ccccc2)cc1. The average molecular weight is 1300 g/mol. The molecule has 0 bridgehead atoms. The maximum absolute atomic E-state index is 10.9. The lowest BCUT2D eigenvalue weighted by molar-refractivity contribution is -0.0491. The summed E-state index contributed by atoms with van der Waals surface area (Å²) in [7, 11) is -2.69. The fraction of sp³-hybridized carbons (Fsp3) is 0.159. The highest BCUT2D eigenvalue weighted by Gasteiger charge is 2.56. The number of hydrogen-bond donors (Lipinski definition) is 0. The van der Waals surface area contributed by atoms with Gasteiger partial charge in [-0.25, -0.2) is 0 Å². The van der Waals surface area contributed by atoms with E-state index in [2.05, 4.69) is 293 Å². The van der Waals surface area contributed by atoms with Crippen molar-refractivity contribution in [1.82, 2.24) is 0 Å². The van der Waals surface area contributed by atoms with E-state index in [-0.39, 0.29) is 18.8 Å². The second-order valence-corrected chi connectivity index (χ2v) is 31.4. The fourth-order valence-corrected chi connectivity index (χ4v) is 21.2. The van der Waals surface area contributed by atoms with Crippen molar-refractivity contribution in [3.63, 3.8) is 0 Å². The van der Waals surface area contributed by atoms with Gasteiger partial charge in [-0.2, -0.15) is 10.5 Å². The van der Waals surface area contributed by atoms with E-state index in [4.69, 9.17) is 18.9 Å². The third kappa shape index (κ3) is 11.2. The number of thiophene rings is 1. The first-order valence-corrected chi connectivity index (χ1v) is 36.3. The topological polar surface area (TPSA) is 87.7 Å². The Kier molecular flexibility index (Phi) is 16.8. The van der Waals surface area contributed by atoms with Crippen LogP contribution in [0.3, 0.4) is 0 Å². The molecule has 4 aliphatic rings. The number of nitriles is 2. The molecule has 1 aromatic heterocycles. The second-order valence-electron chi connectivity index (χ2n) is 26.5. The van der Waals surface area contributed by atoms with Gasteiger partial charge in [0.05, 0.1) is 22.4 Å². The Morgan fingerprint density at radius 3 is 1.64 bits per heavy atom. The lowest BCUT2D eigenvalue weighted by atomic mass is 9.68. The van der Waals surface area contributed by atoms with E-state index in [9.17, 15) is 10.5 Å². The number of aryl methyl sites for hydroxylation is 1. The number of hydrogen-bond acceptors (Lipinski definition) is 8. The third-order valence-electron chi connectivity index (χ3n) is 20.1. The first kappa shape index (κ1) is 62.3. The molecule has 15 rings (SSSR count). The first-order valence-electron chi connectivity index (χ1n) is 33.5. The number of allylic oxidation sites excluding steroid dienone is 1. The molecule has 9 heteroatoms. The quantitative estimate of drug-likeness (QED) is 0.0625. The van der Waals surface area contributed by atoms with Crippen LogP contribution >= 0.6 is 11.3 Å². The minimum atomic E-state index is -2.69. The molecule has 0 saturated carbocycles. The number of anilines is 1. The van der Waals surface area contributed by atoms with Gasteiger partial charge in [-0.1, -0.05) is 274 Å². The Balaban J connectivity index is 0.766. The molecule has 0 saturated heterocycles. The minimum Gasteiger partial charge on any atom is -0.484 e. The summed E-state index contributed by atoms with van der Waals surface area (Å²) in [5, 5.41) is 26.7. The molecule has 11 aromatic rings. The van der Waals surface area contributed by atoms with Crippen LogP contribution in [-0.2, 0) is 27.2 Å². The molecule has 7 nitrogen and oxygen atoms in total.